The Morgan fingerprint density at radius 3 is 1.17 bits per heavy atom. The summed E-state index contributed by atoms with van der Waals surface area (Å²) in [6.07, 6.45) is 2.38. The van der Waals surface area contributed by atoms with E-state index in [2.05, 4.69) is 98.8 Å². The Bertz CT molecular complexity index is 687. The molecule has 0 N–H and O–H groups in total. The maximum atomic E-state index is 2.37. The molecule has 24 heavy (non-hydrogen) atoms. The van der Waals surface area contributed by atoms with Crippen molar-refractivity contribution in [3.8, 4) is 0 Å². The third-order valence-corrected chi connectivity index (χ3v) is 9.46. The van der Waals surface area contributed by atoms with Crippen LogP contribution in [0.25, 0.3) is 0 Å². The summed E-state index contributed by atoms with van der Waals surface area (Å²) in [6.45, 7) is 4.65. The van der Waals surface area contributed by atoms with Crippen molar-refractivity contribution in [3.05, 3.63) is 84.9 Å². The third-order valence-electron chi connectivity index (χ3n) is 4.23. The van der Waals surface area contributed by atoms with Gasteiger partial charge in [0.25, 0.3) is 0 Å². The Kier molecular flexibility index (Phi) is 6.19. The molecular formula is C22H24P2. The molecule has 3 aromatic rings. The minimum absolute atomic E-state index is 0.282. The second kappa shape index (κ2) is 8.57. The molecule has 0 spiro atoms. The summed E-state index contributed by atoms with van der Waals surface area (Å²) in [7, 11) is -0.564. The van der Waals surface area contributed by atoms with Crippen LogP contribution in [0.2, 0.25) is 0 Å². The van der Waals surface area contributed by atoms with Gasteiger partial charge in [0, 0.05) is 0 Å². The van der Waals surface area contributed by atoms with Crippen molar-refractivity contribution in [3.63, 3.8) is 0 Å². The highest BCUT2D eigenvalue weighted by atomic mass is 31.1. The number of benzene rings is 3. The van der Waals surface area contributed by atoms with Gasteiger partial charge in [-0.3, -0.25) is 0 Å². The van der Waals surface area contributed by atoms with E-state index in [9.17, 15) is 0 Å². The van der Waals surface area contributed by atoms with Gasteiger partial charge in [-0.15, -0.1) is 0 Å². The van der Waals surface area contributed by atoms with Gasteiger partial charge in [0.05, 0.1) is 0 Å². The van der Waals surface area contributed by atoms with Crippen LogP contribution < -0.4 is 21.2 Å². The van der Waals surface area contributed by atoms with Gasteiger partial charge in [-0.1, -0.05) is 98.8 Å². The lowest BCUT2D eigenvalue weighted by molar-refractivity contribution is 1.50. The predicted molar refractivity (Wildman–Crippen MR) is 113 cm³/mol. The fourth-order valence-electron chi connectivity index (χ4n) is 3.12. The van der Waals surface area contributed by atoms with E-state index >= 15 is 0 Å². The van der Waals surface area contributed by atoms with E-state index < -0.39 is 0 Å². The second-order valence-electron chi connectivity index (χ2n) is 5.65. The predicted octanol–water partition coefficient (Wildman–Crippen LogP) is 4.59. The molecule has 2 unspecified atom stereocenters. The fourth-order valence-corrected chi connectivity index (χ4v) is 8.11. The van der Waals surface area contributed by atoms with E-state index in [0.717, 1.165) is 0 Å². The molecule has 122 valence electrons. The van der Waals surface area contributed by atoms with Crippen LogP contribution in [0, 0.1) is 0 Å². The normalized spacial score (nSPS) is 13.4. The van der Waals surface area contributed by atoms with Crippen molar-refractivity contribution in [2.45, 2.75) is 13.8 Å². The summed E-state index contributed by atoms with van der Waals surface area (Å²) in [5.41, 5.74) is 0. The van der Waals surface area contributed by atoms with Crippen molar-refractivity contribution in [2.75, 3.05) is 12.3 Å². The molecule has 0 saturated heterocycles. The Morgan fingerprint density at radius 2 is 0.833 bits per heavy atom. The highest BCUT2D eigenvalue weighted by Crippen LogP contribution is 2.38. The summed E-state index contributed by atoms with van der Waals surface area (Å²) in [6, 6.07) is 31.2. The van der Waals surface area contributed by atoms with Crippen LogP contribution >= 0.6 is 15.8 Å². The lowest BCUT2D eigenvalue weighted by Gasteiger charge is -2.25. The molecular weight excluding hydrogens is 326 g/mol. The zero-order valence-electron chi connectivity index (χ0n) is 14.4. The number of hydrogen-bond acceptors (Lipinski definition) is 0. The maximum Gasteiger partial charge on any atom is -0.0115 e. The summed E-state index contributed by atoms with van der Waals surface area (Å²) < 4.78 is 0. The average molecular weight is 350 g/mol. The SMILES string of the molecule is CCP(c1ccccc1)c1ccccc1P(CC)c1ccccc1. The van der Waals surface area contributed by atoms with E-state index in [1.54, 1.807) is 10.6 Å². The molecule has 0 aliphatic heterocycles. The zero-order chi connectivity index (χ0) is 16.8. The van der Waals surface area contributed by atoms with Crippen molar-refractivity contribution >= 4 is 37.1 Å². The minimum atomic E-state index is -0.282. The molecule has 0 nitrogen and oxygen atoms in total. The largest absolute Gasteiger partial charge is 0.0622 e. The first-order valence-corrected chi connectivity index (χ1v) is 11.6. The molecule has 3 rings (SSSR count). The van der Waals surface area contributed by atoms with Crippen molar-refractivity contribution in [1.82, 2.24) is 0 Å². The second-order valence-corrected chi connectivity index (χ2v) is 10.6. The fraction of sp³-hybridized carbons (Fsp3) is 0.182. The summed E-state index contributed by atoms with van der Waals surface area (Å²) in [5.74, 6) is 0. The molecule has 0 saturated carbocycles. The Hall–Kier alpha value is -1.48. The molecule has 0 radical (unpaired) electrons. The molecule has 3 aromatic carbocycles. The highest BCUT2D eigenvalue weighted by molar-refractivity contribution is 7.78. The lowest BCUT2D eigenvalue weighted by Crippen LogP contribution is -2.29. The van der Waals surface area contributed by atoms with Gasteiger partial charge in [-0.25, -0.2) is 0 Å². The molecule has 0 aliphatic carbocycles. The molecule has 0 heterocycles. The van der Waals surface area contributed by atoms with Gasteiger partial charge in [0.1, 0.15) is 0 Å². The minimum Gasteiger partial charge on any atom is -0.0622 e. The smallest absolute Gasteiger partial charge is 0.0115 e. The zero-order valence-corrected chi connectivity index (χ0v) is 16.2. The van der Waals surface area contributed by atoms with Crippen LogP contribution in [0.3, 0.4) is 0 Å². The summed E-state index contributed by atoms with van der Waals surface area (Å²) >= 11 is 0. The van der Waals surface area contributed by atoms with Gasteiger partial charge in [-0.05, 0) is 49.4 Å². The van der Waals surface area contributed by atoms with E-state index in [1.807, 2.05) is 0 Å². The number of hydrogen-bond donors (Lipinski definition) is 0. The Balaban J connectivity index is 2.07. The number of rotatable bonds is 6. The lowest BCUT2D eigenvalue weighted by atomic mass is 10.4. The average Bonchev–Trinajstić information content (AvgIpc) is 2.66. The van der Waals surface area contributed by atoms with E-state index in [4.69, 9.17) is 0 Å². The van der Waals surface area contributed by atoms with Gasteiger partial charge in [0.2, 0.25) is 0 Å². The van der Waals surface area contributed by atoms with Crippen LogP contribution in [-0.4, -0.2) is 12.3 Å². The van der Waals surface area contributed by atoms with Crippen LogP contribution in [0.15, 0.2) is 84.9 Å². The highest BCUT2D eigenvalue weighted by Gasteiger charge is 2.20. The molecule has 0 fully saturated rings. The molecule has 0 aromatic heterocycles. The van der Waals surface area contributed by atoms with Crippen molar-refractivity contribution in [1.29, 1.82) is 0 Å². The summed E-state index contributed by atoms with van der Waals surface area (Å²) in [5, 5.41) is 6.11. The van der Waals surface area contributed by atoms with Gasteiger partial charge < -0.3 is 0 Å². The van der Waals surface area contributed by atoms with Crippen LogP contribution in [0.1, 0.15) is 13.8 Å². The maximum absolute atomic E-state index is 2.37. The topological polar surface area (TPSA) is 0 Å². The first kappa shape index (κ1) is 17.3. The van der Waals surface area contributed by atoms with Gasteiger partial charge in [-0.2, -0.15) is 0 Å². The first-order chi connectivity index (χ1) is 11.8. The van der Waals surface area contributed by atoms with Crippen molar-refractivity contribution < 1.29 is 0 Å². The Labute approximate surface area is 148 Å². The molecule has 2 heteroatoms. The van der Waals surface area contributed by atoms with Gasteiger partial charge in [0.15, 0.2) is 0 Å². The summed E-state index contributed by atoms with van der Waals surface area (Å²) in [4.78, 5) is 0. The first-order valence-electron chi connectivity index (χ1n) is 8.59. The van der Waals surface area contributed by atoms with Crippen molar-refractivity contribution in [2.24, 2.45) is 0 Å². The third kappa shape index (κ3) is 3.77. The standard InChI is InChI=1S/C22H24P2/c1-3-23(19-13-7-5-8-14-19)21-17-11-12-18-22(21)24(4-2)20-15-9-6-10-16-20/h5-18H,3-4H2,1-2H3. The van der Waals surface area contributed by atoms with Crippen LogP contribution in [-0.2, 0) is 0 Å². The molecule has 2 atom stereocenters. The molecule has 0 amide bonds. The monoisotopic (exact) mass is 350 g/mol. The molecule has 0 aliphatic rings. The van der Waals surface area contributed by atoms with Gasteiger partial charge >= 0.3 is 0 Å². The van der Waals surface area contributed by atoms with E-state index in [0.29, 0.717) is 0 Å². The Morgan fingerprint density at radius 1 is 0.500 bits per heavy atom. The van der Waals surface area contributed by atoms with Crippen LogP contribution in [0.4, 0.5) is 0 Å². The quantitative estimate of drug-likeness (QED) is 0.571. The van der Waals surface area contributed by atoms with Crippen LogP contribution in [0.5, 0.6) is 0 Å². The van der Waals surface area contributed by atoms with E-state index in [1.165, 1.54) is 22.9 Å². The van der Waals surface area contributed by atoms with E-state index in [-0.39, 0.29) is 15.8 Å². The molecule has 0 bridgehead atoms.